The first-order chi connectivity index (χ1) is 13.9. The highest BCUT2D eigenvalue weighted by Crippen LogP contribution is 2.25. The van der Waals surface area contributed by atoms with Crippen LogP contribution < -0.4 is 5.32 Å². The minimum absolute atomic E-state index is 0.0210. The normalized spacial score (nSPS) is 10.8. The van der Waals surface area contributed by atoms with Gasteiger partial charge < -0.3 is 5.32 Å². The molecule has 0 aliphatic rings. The quantitative estimate of drug-likeness (QED) is 0.418. The first-order valence-corrected chi connectivity index (χ1v) is 8.90. The summed E-state index contributed by atoms with van der Waals surface area (Å²) in [6.45, 7) is 3.98. The molecule has 8 heteroatoms. The van der Waals surface area contributed by atoms with Crippen LogP contribution in [0.25, 0.3) is 16.9 Å². The van der Waals surface area contributed by atoms with Crippen LogP contribution in [0, 0.1) is 24.0 Å². The lowest BCUT2D eigenvalue weighted by atomic mass is 10.1. The van der Waals surface area contributed by atoms with Gasteiger partial charge in [-0.1, -0.05) is 18.2 Å². The number of nitrogens with zero attached hydrogens (tertiary/aromatic N) is 4. The summed E-state index contributed by atoms with van der Waals surface area (Å²) in [5.74, 6) is -0.327. The number of non-ortho nitro benzene ring substituents is 1. The molecule has 1 amide bonds. The number of rotatable bonds is 4. The summed E-state index contributed by atoms with van der Waals surface area (Å²) < 4.78 is 1.51. The molecule has 0 bridgehead atoms. The number of aryl methyl sites for hydroxylation is 2. The number of aromatic nitrogens is 3. The van der Waals surface area contributed by atoms with Crippen LogP contribution in [-0.2, 0) is 0 Å². The lowest BCUT2D eigenvalue weighted by molar-refractivity contribution is -0.384. The van der Waals surface area contributed by atoms with Gasteiger partial charge in [-0.15, -0.1) is 0 Å². The molecule has 4 aromatic rings. The molecule has 0 aliphatic carbocycles. The number of nitro benzene ring substituents is 1. The summed E-state index contributed by atoms with van der Waals surface area (Å²) in [6, 6.07) is 13.6. The van der Waals surface area contributed by atoms with Crippen molar-refractivity contribution >= 4 is 22.9 Å². The van der Waals surface area contributed by atoms with Gasteiger partial charge in [0, 0.05) is 29.6 Å². The second-order valence-electron chi connectivity index (χ2n) is 6.68. The second-order valence-corrected chi connectivity index (χ2v) is 6.68. The van der Waals surface area contributed by atoms with Crippen LogP contribution in [0.4, 0.5) is 11.4 Å². The number of hydrogen-bond acceptors (Lipinski definition) is 5. The first kappa shape index (κ1) is 18.3. The monoisotopic (exact) mass is 387 g/mol. The fourth-order valence-corrected chi connectivity index (χ4v) is 3.07. The number of nitrogens with one attached hydrogen (secondary N) is 1. The topological polar surface area (TPSA) is 102 Å². The molecule has 0 atom stereocenters. The summed E-state index contributed by atoms with van der Waals surface area (Å²) >= 11 is 0. The Bertz CT molecular complexity index is 1260. The molecule has 0 spiro atoms. The van der Waals surface area contributed by atoms with E-state index < -0.39 is 4.92 Å². The molecule has 8 nitrogen and oxygen atoms in total. The molecular formula is C21H17N5O3. The Hall–Kier alpha value is -4.07. The van der Waals surface area contributed by atoms with Crippen LogP contribution >= 0.6 is 0 Å². The fraction of sp³-hybridized carbons (Fsp3) is 0.0952. The van der Waals surface area contributed by atoms with Crippen molar-refractivity contribution < 1.29 is 9.72 Å². The average Bonchev–Trinajstić information content (AvgIpc) is 3.15. The molecule has 144 valence electrons. The van der Waals surface area contributed by atoms with E-state index in [0.29, 0.717) is 28.2 Å². The van der Waals surface area contributed by atoms with Crippen LogP contribution in [-0.4, -0.2) is 25.4 Å². The molecule has 4 rings (SSSR count). The van der Waals surface area contributed by atoms with Gasteiger partial charge in [-0.2, -0.15) is 5.10 Å². The smallest absolute Gasteiger partial charge is 0.270 e. The van der Waals surface area contributed by atoms with Crippen LogP contribution in [0.1, 0.15) is 21.5 Å². The van der Waals surface area contributed by atoms with Gasteiger partial charge in [0.25, 0.3) is 11.6 Å². The number of carbonyl (C=O) groups excluding carboxylic acids is 1. The molecular weight excluding hydrogens is 370 g/mol. The number of hydrogen-bond donors (Lipinski definition) is 1. The highest BCUT2D eigenvalue weighted by molar-refractivity contribution is 6.08. The summed E-state index contributed by atoms with van der Waals surface area (Å²) in [5.41, 5.74) is 4.78. The van der Waals surface area contributed by atoms with E-state index in [2.05, 4.69) is 15.4 Å². The standard InChI is InChI=1S/C21H17N5O3/c1-13-6-7-16(10-14(13)2)24-21(27)18-12-23-25-19(8-9-22-20(18)25)15-4-3-5-17(11-15)26(28)29/h3-12H,1-2H3,(H,24,27). The molecule has 1 N–H and O–H groups in total. The van der Waals surface area contributed by atoms with E-state index in [1.54, 1.807) is 24.4 Å². The van der Waals surface area contributed by atoms with Crippen molar-refractivity contribution in [3.05, 3.63) is 87.7 Å². The second kappa shape index (κ2) is 7.16. The van der Waals surface area contributed by atoms with Gasteiger partial charge in [0.1, 0.15) is 5.56 Å². The van der Waals surface area contributed by atoms with Gasteiger partial charge in [0.05, 0.1) is 16.8 Å². The fourth-order valence-electron chi connectivity index (χ4n) is 3.07. The van der Waals surface area contributed by atoms with Crippen molar-refractivity contribution in [2.75, 3.05) is 5.32 Å². The molecule has 0 saturated heterocycles. The molecule has 29 heavy (non-hydrogen) atoms. The molecule has 0 aliphatic heterocycles. The van der Waals surface area contributed by atoms with Crippen molar-refractivity contribution in [2.24, 2.45) is 0 Å². The summed E-state index contributed by atoms with van der Waals surface area (Å²) in [6.07, 6.45) is 3.00. The zero-order valence-corrected chi connectivity index (χ0v) is 15.8. The van der Waals surface area contributed by atoms with Gasteiger partial charge in [0.2, 0.25) is 0 Å². The van der Waals surface area contributed by atoms with Gasteiger partial charge >= 0.3 is 0 Å². The Morgan fingerprint density at radius 1 is 1.10 bits per heavy atom. The molecule has 2 heterocycles. The summed E-state index contributed by atoms with van der Waals surface area (Å²) in [7, 11) is 0. The van der Waals surface area contributed by atoms with E-state index in [9.17, 15) is 14.9 Å². The van der Waals surface area contributed by atoms with E-state index in [4.69, 9.17) is 0 Å². The minimum atomic E-state index is -0.451. The molecule has 0 saturated carbocycles. The Kier molecular flexibility index (Phi) is 4.52. The minimum Gasteiger partial charge on any atom is -0.322 e. The van der Waals surface area contributed by atoms with Crippen molar-refractivity contribution in [3.8, 4) is 11.3 Å². The van der Waals surface area contributed by atoms with E-state index in [-0.39, 0.29) is 11.6 Å². The predicted molar refractivity (Wildman–Crippen MR) is 109 cm³/mol. The van der Waals surface area contributed by atoms with Crippen LogP contribution in [0.5, 0.6) is 0 Å². The molecule has 0 radical (unpaired) electrons. The van der Waals surface area contributed by atoms with Crippen molar-refractivity contribution in [2.45, 2.75) is 13.8 Å². The number of amides is 1. The maximum atomic E-state index is 12.8. The maximum absolute atomic E-state index is 12.8. The van der Waals surface area contributed by atoms with Crippen LogP contribution in [0.3, 0.4) is 0 Å². The summed E-state index contributed by atoms with van der Waals surface area (Å²) in [5, 5.41) is 18.2. The SMILES string of the molecule is Cc1ccc(NC(=O)c2cnn3c(-c4cccc([N+](=O)[O-])c4)ccnc23)cc1C. The van der Waals surface area contributed by atoms with Gasteiger partial charge in [-0.3, -0.25) is 14.9 Å². The number of benzene rings is 2. The molecule has 2 aromatic carbocycles. The zero-order valence-electron chi connectivity index (χ0n) is 15.8. The lowest BCUT2D eigenvalue weighted by Gasteiger charge is -2.07. The molecule has 0 fully saturated rings. The Balaban J connectivity index is 1.72. The number of fused-ring (bicyclic) bond motifs is 1. The molecule has 0 unspecified atom stereocenters. The maximum Gasteiger partial charge on any atom is 0.270 e. The van der Waals surface area contributed by atoms with E-state index in [1.807, 2.05) is 32.0 Å². The number of carbonyl (C=O) groups is 1. The zero-order chi connectivity index (χ0) is 20.5. The first-order valence-electron chi connectivity index (χ1n) is 8.90. The van der Waals surface area contributed by atoms with E-state index in [0.717, 1.165) is 11.1 Å². The average molecular weight is 387 g/mol. The largest absolute Gasteiger partial charge is 0.322 e. The predicted octanol–water partition coefficient (Wildman–Crippen LogP) is 4.17. The van der Waals surface area contributed by atoms with Crippen molar-refractivity contribution in [1.29, 1.82) is 0 Å². The third-order valence-electron chi connectivity index (χ3n) is 4.76. The van der Waals surface area contributed by atoms with Gasteiger partial charge in [0.15, 0.2) is 5.65 Å². The lowest BCUT2D eigenvalue weighted by Crippen LogP contribution is -2.12. The third kappa shape index (κ3) is 3.43. The van der Waals surface area contributed by atoms with Crippen LogP contribution in [0.2, 0.25) is 0 Å². The van der Waals surface area contributed by atoms with Crippen LogP contribution in [0.15, 0.2) is 60.9 Å². The highest BCUT2D eigenvalue weighted by Gasteiger charge is 2.17. The third-order valence-corrected chi connectivity index (χ3v) is 4.76. The molecule has 2 aromatic heterocycles. The van der Waals surface area contributed by atoms with Crippen molar-refractivity contribution in [1.82, 2.24) is 14.6 Å². The van der Waals surface area contributed by atoms with E-state index >= 15 is 0 Å². The Morgan fingerprint density at radius 3 is 2.69 bits per heavy atom. The highest BCUT2D eigenvalue weighted by atomic mass is 16.6. The summed E-state index contributed by atoms with van der Waals surface area (Å²) in [4.78, 5) is 27.7. The Morgan fingerprint density at radius 2 is 1.93 bits per heavy atom. The number of nitro groups is 1. The van der Waals surface area contributed by atoms with Gasteiger partial charge in [-0.05, 0) is 43.2 Å². The Labute approximate surface area is 166 Å². The van der Waals surface area contributed by atoms with Crippen molar-refractivity contribution in [3.63, 3.8) is 0 Å². The van der Waals surface area contributed by atoms with E-state index in [1.165, 1.54) is 22.8 Å². The number of anilines is 1. The van der Waals surface area contributed by atoms with Gasteiger partial charge in [-0.25, -0.2) is 9.50 Å².